The first kappa shape index (κ1) is 15.7. The number of hydrogen-bond acceptors (Lipinski definition) is 5. The highest BCUT2D eigenvalue weighted by Crippen LogP contribution is 2.27. The van der Waals surface area contributed by atoms with Gasteiger partial charge in [-0.1, -0.05) is 19.9 Å². The van der Waals surface area contributed by atoms with Crippen molar-refractivity contribution < 1.29 is 12.8 Å². The molecule has 0 unspecified atom stereocenters. The highest BCUT2D eigenvalue weighted by atomic mass is 32.2. The average Bonchev–Trinajstić information content (AvgIpc) is 2.98. The first-order chi connectivity index (χ1) is 10.9. The normalized spacial score (nSPS) is 15.4. The number of fused-ring (bicyclic) bond motifs is 1. The summed E-state index contributed by atoms with van der Waals surface area (Å²) < 4.78 is 32.6. The Morgan fingerprint density at radius 1 is 1.39 bits per heavy atom. The summed E-state index contributed by atoms with van der Waals surface area (Å²) in [5, 5.41) is 8.94. The molecular weight excluding hydrogens is 314 g/mol. The largest absolute Gasteiger partial charge is 0.445 e. The lowest BCUT2D eigenvalue weighted by Crippen LogP contribution is -2.35. The van der Waals surface area contributed by atoms with Gasteiger partial charge in [0, 0.05) is 18.9 Å². The number of rotatable bonds is 3. The van der Waals surface area contributed by atoms with E-state index in [2.05, 4.69) is 4.98 Å². The second-order valence-electron chi connectivity index (χ2n) is 5.80. The predicted octanol–water partition coefficient (Wildman–Crippen LogP) is 2.42. The standard InChI is InChI=1S/C16H17N3O3S/c1-11(2)16-18-14-10-19(7-6-15(14)22-16)23(20,21)13-5-3-4-12(8-13)9-17/h3-5,8,11H,6-7,10H2,1-2H3. The van der Waals surface area contributed by atoms with E-state index in [1.165, 1.54) is 16.4 Å². The number of aromatic nitrogens is 1. The summed E-state index contributed by atoms with van der Waals surface area (Å²) in [6, 6.07) is 8.03. The van der Waals surface area contributed by atoms with Crippen molar-refractivity contribution in [3.05, 3.63) is 47.2 Å². The molecule has 1 aliphatic rings. The summed E-state index contributed by atoms with van der Waals surface area (Å²) >= 11 is 0. The SMILES string of the molecule is CC(C)c1nc2c(o1)CCN(S(=O)(=O)c1cccc(C#N)c1)C2. The molecule has 0 atom stereocenters. The van der Waals surface area contributed by atoms with E-state index in [0.717, 1.165) is 5.76 Å². The second-order valence-corrected chi connectivity index (χ2v) is 7.74. The number of benzene rings is 1. The monoisotopic (exact) mass is 331 g/mol. The lowest BCUT2D eigenvalue weighted by atomic mass is 10.2. The van der Waals surface area contributed by atoms with Crippen LogP contribution in [-0.4, -0.2) is 24.3 Å². The maximum atomic E-state index is 12.8. The van der Waals surface area contributed by atoms with Crippen LogP contribution in [-0.2, 0) is 23.0 Å². The van der Waals surface area contributed by atoms with Crippen molar-refractivity contribution in [2.24, 2.45) is 0 Å². The van der Waals surface area contributed by atoms with Gasteiger partial charge in [0.1, 0.15) is 5.76 Å². The molecule has 0 amide bonds. The van der Waals surface area contributed by atoms with Gasteiger partial charge >= 0.3 is 0 Å². The van der Waals surface area contributed by atoms with Crippen LogP contribution in [0, 0.1) is 11.3 Å². The lowest BCUT2D eigenvalue weighted by Gasteiger charge is -2.24. The Bertz CT molecular complexity index is 878. The van der Waals surface area contributed by atoms with Crippen molar-refractivity contribution in [1.82, 2.24) is 9.29 Å². The molecule has 2 aromatic rings. The Morgan fingerprint density at radius 2 is 2.17 bits per heavy atom. The molecule has 0 saturated carbocycles. The molecule has 23 heavy (non-hydrogen) atoms. The minimum atomic E-state index is -3.65. The zero-order valence-electron chi connectivity index (χ0n) is 13.0. The molecule has 3 rings (SSSR count). The fraction of sp³-hybridized carbons (Fsp3) is 0.375. The van der Waals surface area contributed by atoms with Crippen LogP contribution in [0.5, 0.6) is 0 Å². The quantitative estimate of drug-likeness (QED) is 0.862. The molecule has 1 aromatic carbocycles. The first-order valence-electron chi connectivity index (χ1n) is 7.40. The smallest absolute Gasteiger partial charge is 0.243 e. The van der Waals surface area contributed by atoms with Gasteiger partial charge in [0.15, 0.2) is 5.89 Å². The Hall–Kier alpha value is -2.17. The molecule has 0 radical (unpaired) electrons. The van der Waals surface area contributed by atoms with E-state index < -0.39 is 10.0 Å². The van der Waals surface area contributed by atoms with Crippen molar-refractivity contribution in [2.75, 3.05) is 6.54 Å². The number of sulfonamides is 1. The molecule has 6 nitrogen and oxygen atoms in total. The minimum Gasteiger partial charge on any atom is -0.445 e. The molecule has 0 N–H and O–H groups in total. The highest BCUT2D eigenvalue weighted by Gasteiger charge is 2.31. The maximum Gasteiger partial charge on any atom is 0.243 e. The topological polar surface area (TPSA) is 87.2 Å². The van der Waals surface area contributed by atoms with Crippen LogP contribution in [0.2, 0.25) is 0 Å². The van der Waals surface area contributed by atoms with Crippen LogP contribution in [0.3, 0.4) is 0 Å². The molecule has 2 heterocycles. The first-order valence-corrected chi connectivity index (χ1v) is 8.84. The summed E-state index contributed by atoms with van der Waals surface area (Å²) in [4.78, 5) is 4.55. The zero-order valence-corrected chi connectivity index (χ0v) is 13.8. The molecule has 7 heteroatoms. The fourth-order valence-corrected chi connectivity index (χ4v) is 3.97. The van der Waals surface area contributed by atoms with Crippen molar-refractivity contribution in [2.45, 2.75) is 37.6 Å². The van der Waals surface area contributed by atoms with E-state index in [0.29, 0.717) is 30.1 Å². The highest BCUT2D eigenvalue weighted by molar-refractivity contribution is 7.89. The number of nitrogens with zero attached hydrogens (tertiary/aromatic N) is 3. The van der Waals surface area contributed by atoms with Crippen LogP contribution >= 0.6 is 0 Å². The maximum absolute atomic E-state index is 12.8. The third-order valence-corrected chi connectivity index (χ3v) is 5.65. The van der Waals surface area contributed by atoms with Crippen molar-refractivity contribution >= 4 is 10.0 Å². The summed E-state index contributed by atoms with van der Waals surface area (Å²) in [6.07, 6.45) is 0.506. The molecule has 120 valence electrons. The molecule has 0 spiro atoms. The minimum absolute atomic E-state index is 0.132. The third kappa shape index (κ3) is 2.87. The van der Waals surface area contributed by atoms with Gasteiger partial charge in [-0.05, 0) is 18.2 Å². The van der Waals surface area contributed by atoms with E-state index in [4.69, 9.17) is 9.68 Å². The molecule has 0 aliphatic carbocycles. The molecule has 0 bridgehead atoms. The van der Waals surface area contributed by atoms with Gasteiger partial charge in [0.2, 0.25) is 10.0 Å². The van der Waals surface area contributed by atoms with Gasteiger partial charge in [-0.3, -0.25) is 0 Å². The average molecular weight is 331 g/mol. The van der Waals surface area contributed by atoms with E-state index in [-0.39, 0.29) is 17.4 Å². The van der Waals surface area contributed by atoms with Gasteiger partial charge in [-0.25, -0.2) is 13.4 Å². The van der Waals surface area contributed by atoms with Crippen LogP contribution in [0.1, 0.15) is 42.7 Å². The lowest BCUT2D eigenvalue weighted by molar-refractivity contribution is 0.354. The number of nitriles is 1. The van der Waals surface area contributed by atoms with Crippen molar-refractivity contribution in [3.63, 3.8) is 0 Å². The van der Waals surface area contributed by atoms with Gasteiger partial charge < -0.3 is 4.42 Å². The van der Waals surface area contributed by atoms with Gasteiger partial charge in [0.25, 0.3) is 0 Å². The van der Waals surface area contributed by atoms with Gasteiger partial charge in [-0.2, -0.15) is 9.57 Å². The van der Waals surface area contributed by atoms with E-state index in [1.807, 2.05) is 19.9 Å². The van der Waals surface area contributed by atoms with E-state index in [1.54, 1.807) is 12.1 Å². The second kappa shape index (κ2) is 5.80. The zero-order chi connectivity index (χ0) is 16.6. The Labute approximate surface area is 135 Å². The number of hydrogen-bond donors (Lipinski definition) is 0. The summed E-state index contributed by atoms with van der Waals surface area (Å²) in [5.74, 6) is 1.57. The summed E-state index contributed by atoms with van der Waals surface area (Å²) in [7, 11) is -3.65. The molecule has 0 saturated heterocycles. The summed E-state index contributed by atoms with van der Waals surface area (Å²) in [5.41, 5.74) is 1.01. The Balaban J connectivity index is 1.91. The Kier molecular flexibility index (Phi) is 3.96. The van der Waals surface area contributed by atoms with E-state index >= 15 is 0 Å². The molecule has 1 aliphatic heterocycles. The predicted molar refractivity (Wildman–Crippen MR) is 83.0 cm³/mol. The van der Waals surface area contributed by atoms with Crippen LogP contribution in [0.25, 0.3) is 0 Å². The van der Waals surface area contributed by atoms with Crippen molar-refractivity contribution in [1.29, 1.82) is 5.26 Å². The van der Waals surface area contributed by atoms with Gasteiger partial charge in [-0.15, -0.1) is 0 Å². The third-order valence-electron chi connectivity index (χ3n) is 3.80. The van der Waals surface area contributed by atoms with Crippen LogP contribution in [0.4, 0.5) is 0 Å². The molecule has 0 fully saturated rings. The van der Waals surface area contributed by atoms with Gasteiger partial charge in [0.05, 0.1) is 28.8 Å². The van der Waals surface area contributed by atoms with Crippen LogP contribution < -0.4 is 0 Å². The van der Waals surface area contributed by atoms with Crippen molar-refractivity contribution in [3.8, 4) is 6.07 Å². The van der Waals surface area contributed by atoms with E-state index in [9.17, 15) is 8.42 Å². The fourth-order valence-electron chi connectivity index (χ4n) is 2.52. The number of oxazole rings is 1. The summed E-state index contributed by atoms with van der Waals surface area (Å²) in [6.45, 7) is 4.52. The van der Waals surface area contributed by atoms with Crippen LogP contribution in [0.15, 0.2) is 33.6 Å². The Morgan fingerprint density at radius 3 is 2.87 bits per heavy atom. The molecule has 1 aromatic heterocycles. The molecular formula is C16H17N3O3S.